The van der Waals surface area contributed by atoms with E-state index in [1.165, 1.54) is 0 Å². The number of phenolic OH excluding ortho intramolecular Hbond substituents is 1. The highest BCUT2D eigenvalue weighted by Crippen LogP contribution is 2.22. The minimum absolute atomic E-state index is 0. The molecular weight excluding hydrogens is 236 g/mol. The van der Waals surface area contributed by atoms with Gasteiger partial charge in [-0.15, -0.1) is 12.4 Å². The van der Waals surface area contributed by atoms with Gasteiger partial charge in [-0.2, -0.15) is 0 Å². The second-order valence-corrected chi connectivity index (χ2v) is 4.02. The fourth-order valence-electron chi connectivity index (χ4n) is 1.70. The van der Waals surface area contributed by atoms with E-state index < -0.39 is 0 Å². The van der Waals surface area contributed by atoms with Crippen LogP contribution in [0.15, 0.2) is 30.3 Å². The number of nitrogens with zero attached hydrogens (tertiary/aromatic N) is 1. The molecule has 1 aromatic heterocycles. The summed E-state index contributed by atoms with van der Waals surface area (Å²) >= 11 is 0. The van der Waals surface area contributed by atoms with Crippen LogP contribution in [-0.4, -0.2) is 16.1 Å². The highest BCUT2D eigenvalue weighted by Gasteiger charge is 2.05. The van der Waals surface area contributed by atoms with Gasteiger partial charge in [0.05, 0.1) is 0 Å². The van der Waals surface area contributed by atoms with Gasteiger partial charge < -0.3 is 10.8 Å². The lowest BCUT2D eigenvalue weighted by Crippen LogP contribution is -2.21. The summed E-state index contributed by atoms with van der Waals surface area (Å²) < 4.78 is 0. The van der Waals surface area contributed by atoms with Crippen molar-refractivity contribution in [1.29, 1.82) is 0 Å². The normalized spacial score (nSPS) is 12.1. The number of pyridine rings is 1. The van der Waals surface area contributed by atoms with Crippen molar-refractivity contribution in [2.24, 2.45) is 5.73 Å². The van der Waals surface area contributed by atoms with Gasteiger partial charge in [-0.25, -0.2) is 4.98 Å². The molecule has 1 heterocycles. The predicted molar refractivity (Wildman–Crippen MR) is 72.6 cm³/mol. The summed E-state index contributed by atoms with van der Waals surface area (Å²) in [7, 11) is 0. The molecule has 0 radical (unpaired) electrons. The molecule has 0 amide bonds. The smallest absolute Gasteiger partial charge is 0.141 e. The zero-order valence-electron chi connectivity index (χ0n) is 9.76. The molecule has 4 heteroatoms. The number of hydrogen-bond donors (Lipinski definition) is 2. The Kier molecular flexibility index (Phi) is 4.73. The average molecular weight is 253 g/mol. The van der Waals surface area contributed by atoms with Gasteiger partial charge in [-0.3, -0.25) is 0 Å². The van der Waals surface area contributed by atoms with Gasteiger partial charge >= 0.3 is 0 Å². The van der Waals surface area contributed by atoms with Crippen LogP contribution in [-0.2, 0) is 6.42 Å². The van der Waals surface area contributed by atoms with E-state index >= 15 is 0 Å². The van der Waals surface area contributed by atoms with Crippen LogP contribution in [0.3, 0.4) is 0 Å². The SMILES string of the molecule is CCC(N)Cc1ccc2cccc(O)c2n1.Cl. The molecule has 17 heavy (non-hydrogen) atoms. The first-order chi connectivity index (χ1) is 7.70. The lowest BCUT2D eigenvalue weighted by Gasteiger charge is -2.08. The summed E-state index contributed by atoms with van der Waals surface area (Å²) in [5, 5.41) is 10.6. The van der Waals surface area contributed by atoms with Crippen molar-refractivity contribution in [3.63, 3.8) is 0 Å². The van der Waals surface area contributed by atoms with Crippen LogP contribution < -0.4 is 5.73 Å². The van der Waals surface area contributed by atoms with Gasteiger partial charge in [0.1, 0.15) is 11.3 Å². The molecule has 0 aliphatic heterocycles. The second-order valence-electron chi connectivity index (χ2n) is 4.02. The third kappa shape index (κ3) is 3.08. The average Bonchev–Trinajstić information content (AvgIpc) is 2.30. The van der Waals surface area contributed by atoms with E-state index in [9.17, 15) is 5.11 Å². The van der Waals surface area contributed by atoms with E-state index in [1.54, 1.807) is 6.07 Å². The van der Waals surface area contributed by atoms with Gasteiger partial charge in [-0.05, 0) is 18.6 Å². The van der Waals surface area contributed by atoms with Crippen molar-refractivity contribution in [2.75, 3.05) is 0 Å². The number of aromatic hydroxyl groups is 1. The minimum atomic E-state index is 0. The Morgan fingerprint density at radius 3 is 2.76 bits per heavy atom. The van der Waals surface area contributed by atoms with Crippen LogP contribution in [0, 0.1) is 0 Å². The highest BCUT2D eigenvalue weighted by molar-refractivity contribution is 5.85. The van der Waals surface area contributed by atoms with E-state index in [4.69, 9.17) is 5.73 Å². The second kappa shape index (κ2) is 5.84. The van der Waals surface area contributed by atoms with Crippen LogP contribution >= 0.6 is 12.4 Å². The van der Waals surface area contributed by atoms with E-state index in [1.807, 2.05) is 24.3 Å². The van der Waals surface area contributed by atoms with E-state index in [0.717, 1.165) is 23.9 Å². The molecule has 2 rings (SSSR count). The molecule has 0 aliphatic rings. The largest absolute Gasteiger partial charge is 0.506 e. The summed E-state index contributed by atoms with van der Waals surface area (Å²) in [6.45, 7) is 2.06. The van der Waals surface area contributed by atoms with Gasteiger partial charge in [0.25, 0.3) is 0 Å². The molecule has 3 N–H and O–H groups in total. The van der Waals surface area contributed by atoms with Crippen molar-refractivity contribution >= 4 is 23.3 Å². The van der Waals surface area contributed by atoms with Crippen molar-refractivity contribution in [3.8, 4) is 5.75 Å². The van der Waals surface area contributed by atoms with E-state index in [2.05, 4.69) is 11.9 Å². The van der Waals surface area contributed by atoms with Crippen molar-refractivity contribution in [2.45, 2.75) is 25.8 Å². The maximum Gasteiger partial charge on any atom is 0.141 e. The van der Waals surface area contributed by atoms with E-state index in [-0.39, 0.29) is 24.2 Å². The van der Waals surface area contributed by atoms with Crippen LogP contribution in [0.1, 0.15) is 19.0 Å². The van der Waals surface area contributed by atoms with Crippen LogP contribution in [0.2, 0.25) is 0 Å². The number of halogens is 1. The van der Waals surface area contributed by atoms with Crippen molar-refractivity contribution < 1.29 is 5.11 Å². The van der Waals surface area contributed by atoms with Gasteiger partial charge in [0.2, 0.25) is 0 Å². The Morgan fingerprint density at radius 2 is 2.06 bits per heavy atom. The quantitative estimate of drug-likeness (QED) is 0.883. The fourth-order valence-corrected chi connectivity index (χ4v) is 1.70. The molecule has 1 aromatic carbocycles. The minimum Gasteiger partial charge on any atom is -0.506 e. The van der Waals surface area contributed by atoms with E-state index in [0.29, 0.717) is 5.52 Å². The monoisotopic (exact) mass is 252 g/mol. The molecule has 2 aromatic rings. The number of hydrogen-bond acceptors (Lipinski definition) is 3. The first-order valence-electron chi connectivity index (χ1n) is 5.54. The molecule has 0 saturated heterocycles. The van der Waals surface area contributed by atoms with Gasteiger partial charge in [0, 0.05) is 23.5 Å². The predicted octanol–water partition coefficient (Wildman–Crippen LogP) is 2.64. The third-order valence-corrected chi connectivity index (χ3v) is 2.75. The molecule has 0 bridgehead atoms. The van der Waals surface area contributed by atoms with Crippen LogP contribution in [0.25, 0.3) is 10.9 Å². The number of para-hydroxylation sites is 1. The summed E-state index contributed by atoms with van der Waals surface area (Å²) in [4.78, 5) is 4.43. The molecule has 1 atom stereocenters. The third-order valence-electron chi connectivity index (χ3n) is 2.75. The molecule has 92 valence electrons. The van der Waals surface area contributed by atoms with Crippen molar-refractivity contribution in [3.05, 3.63) is 36.0 Å². The summed E-state index contributed by atoms with van der Waals surface area (Å²) in [5.41, 5.74) is 7.47. The lowest BCUT2D eigenvalue weighted by molar-refractivity contribution is 0.480. The maximum atomic E-state index is 9.69. The molecule has 1 unspecified atom stereocenters. The topological polar surface area (TPSA) is 59.1 Å². The Labute approximate surface area is 107 Å². The standard InChI is InChI=1S/C13H16N2O.ClH/c1-2-10(14)8-11-7-6-9-4-3-5-12(16)13(9)15-11;/h3-7,10,16H,2,8,14H2,1H3;1H. The zero-order valence-corrected chi connectivity index (χ0v) is 10.6. The highest BCUT2D eigenvalue weighted by atomic mass is 35.5. The summed E-state index contributed by atoms with van der Waals surface area (Å²) in [5.74, 6) is 0.226. The Morgan fingerprint density at radius 1 is 1.29 bits per heavy atom. The van der Waals surface area contributed by atoms with Crippen molar-refractivity contribution in [1.82, 2.24) is 4.98 Å². The Balaban J connectivity index is 0.00000144. The number of fused-ring (bicyclic) bond motifs is 1. The number of benzene rings is 1. The zero-order chi connectivity index (χ0) is 11.5. The van der Waals surface area contributed by atoms with Crippen LogP contribution in [0.5, 0.6) is 5.75 Å². The Bertz CT molecular complexity index is 502. The van der Waals surface area contributed by atoms with Gasteiger partial charge in [0.15, 0.2) is 0 Å². The summed E-state index contributed by atoms with van der Waals surface area (Å²) in [6, 6.07) is 9.48. The number of phenols is 1. The molecule has 0 spiro atoms. The molecular formula is C13H17ClN2O. The molecule has 3 nitrogen and oxygen atoms in total. The maximum absolute atomic E-state index is 9.69. The molecule has 0 fully saturated rings. The molecule has 0 aliphatic carbocycles. The number of rotatable bonds is 3. The number of nitrogens with two attached hydrogens (primary N) is 1. The number of aromatic nitrogens is 1. The molecule has 0 saturated carbocycles. The first-order valence-corrected chi connectivity index (χ1v) is 5.54. The van der Waals surface area contributed by atoms with Crippen LogP contribution in [0.4, 0.5) is 0 Å². The summed E-state index contributed by atoms with van der Waals surface area (Å²) in [6.07, 6.45) is 1.68. The lowest BCUT2D eigenvalue weighted by atomic mass is 10.1. The van der Waals surface area contributed by atoms with Gasteiger partial charge in [-0.1, -0.05) is 25.1 Å². The first kappa shape index (κ1) is 13.7. The Hall–Kier alpha value is -1.32. The fraction of sp³-hybridized carbons (Fsp3) is 0.308.